The van der Waals surface area contributed by atoms with Crippen molar-refractivity contribution in [3.63, 3.8) is 0 Å². The fourth-order valence-corrected chi connectivity index (χ4v) is 5.25. The monoisotopic (exact) mass is 502 g/mol. The molecule has 0 atom stereocenters. The largest absolute Gasteiger partial charge is 0.497 e. The van der Waals surface area contributed by atoms with E-state index in [1.165, 1.54) is 30.7 Å². The van der Waals surface area contributed by atoms with E-state index < -0.39 is 15.9 Å². The summed E-state index contributed by atoms with van der Waals surface area (Å²) < 4.78 is 39.5. The van der Waals surface area contributed by atoms with Gasteiger partial charge in [0.25, 0.3) is 15.9 Å². The number of amides is 1. The molecular weight excluding hydrogens is 476 g/mol. The lowest BCUT2D eigenvalue weighted by Gasteiger charge is -2.26. The van der Waals surface area contributed by atoms with Gasteiger partial charge in [-0.3, -0.25) is 9.10 Å². The molecule has 0 radical (unpaired) electrons. The van der Waals surface area contributed by atoms with E-state index in [9.17, 15) is 13.2 Å². The van der Waals surface area contributed by atoms with Crippen LogP contribution in [0.4, 0.5) is 11.4 Å². The standard InChI is InChI=1S/C28H26N2O5S/c1-34-22-17-18-27(35-2)25(19-22)29-28(31)24-15-9-10-16-26(24)30(20-21-11-5-3-6-12-21)36(32,33)23-13-7-4-8-14-23/h3-19H,20H2,1-2H3,(H,29,31). The van der Waals surface area contributed by atoms with Crippen molar-refractivity contribution in [2.75, 3.05) is 23.8 Å². The molecule has 8 heteroatoms. The summed E-state index contributed by atoms with van der Waals surface area (Å²) in [5.74, 6) is 0.495. The number of para-hydroxylation sites is 1. The molecule has 0 unspecified atom stereocenters. The summed E-state index contributed by atoms with van der Waals surface area (Å²) in [6.45, 7) is 0.0465. The number of hydrogen-bond acceptors (Lipinski definition) is 5. The highest BCUT2D eigenvalue weighted by molar-refractivity contribution is 7.92. The topological polar surface area (TPSA) is 84.9 Å². The van der Waals surface area contributed by atoms with E-state index in [1.54, 1.807) is 60.7 Å². The number of hydrogen-bond donors (Lipinski definition) is 1. The van der Waals surface area contributed by atoms with Crippen LogP contribution in [0.2, 0.25) is 0 Å². The molecule has 4 aromatic rings. The maximum Gasteiger partial charge on any atom is 0.264 e. The van der Waals surface area contributed by atoms with Crippen LogP contribution in [0.1, 0.15) is 15.9 Å². The molecule has 0 bridgehead atoms. The van der Waals surface area contributed by atoms with Gasteiger partial charge in [0.15, 0.2) is 0 Å². The molecule has 0 aliphatic rings. The van der Waals surface area contributed by atoms with E-state index in [1.807, 2.05) is 30.3 Å². The molecule has 0 saturated heterocycles. The quantitative estimate of drug-likeness (QED) is 0.333. The maximum atomic E-state index is 13.8. The van der Waals surface area contributed by atoms with Crippen LogP contribution in [0.15, 0.2) is 108 Å². The van der Waals surface area contributed by atoms with Gasteiger partial charge in [-0.1, -0.05) is 60.7 Å². The van der Waals surface area contributed by atoms with Gasteiger partial charge >= 0.3 is 0 Å². The minimum Gasteiger partial charge on any atom is -0.497 e. The fraction of sp³-hybridized carbons (Fsp3) is 0.107. The first-order valence-electron chi connectivity index (χ1n) is 11.2. The number of carbonyl (C=O) groups excluding carboxylic acids is 1. The summed E-state index contributed by atoms with van der Waals surface area (Å²) in [6, 6.07) is 29.1. The zero-order chi connectivity index (χ0) is 25.5. The Morgan fingerprint density at radius 2 is 1.44 bits per heavy atom. The van der Waals surface area contributed by atoms with Gasteiger partial charge in [0.1, 0.15) is 11.5 Å². The van der Waals surface area contributed by atoms with Gasteiger partial charge in [0.05, 0.1) is 42.6 Å². The van der Waals surface area contributed by atoms with E-state index in [-0.39, 0.29) is 22.7 Å². The Balaban J connectivity index is 1.79. The van der Waals surface area contributed by atoms with E-state index in [2.05, 4.69) is 5.32 Å². The van der Waals surface area contributed by atoms with Crippen LogP contribution >= 0.6 is 0 Å². The van der Waals surface area contributed by atoms with Crippen LogP contribution in [-0.4, -0.2) is 28.5 Å². The Morgan fingerprint density at radius 3 is 2.11 bits per heavy atom. The molecule has 0 fully saturated rings. The molecular formula is C28H26N2O5S. The molecule has 0 aliphatic heterocycles. The molecule has 0 spiro atoms. The smallest absolute Gasteiger partial charge is 0.264 e. The number of anilines is 2. The molecule has 7 nitrogen and oxygen atoms in total. The van der Waals surface area contributed by atoms with Gasteiger partial charge in [0.2, 0.25) is 0 Å². The SMILES string of the molecule is COc1ccc(OC)c(NC(=O)c2ccccc2N(Cc2ccccc2)S(=O)(=O)c2ccccc2)c1. The predicted octanol–water partition coefficient (Wildman–Crippen LogP) is 5.35. The maximum absolute atomic E-state index is 13.8. The van der Waals surface area contributed by atoms with Crippen LogP contribution in [-0.2, 0) is 16.6 Å². The average molecular weight is 503 g/mol. The van der Waals surface area contributed by atoms with Crippen LogP contribution in [0.25, 0.3) is 0 Å². The van der Waals surface area contributed by atoms with Gasteiger partial charge in [-0.15, -0.1) is 0 Å². The number of ether oxygens (including phenoxy) is 2. The summed E-state index contributed by atoms with van der Waals surface area (Å²) in [5.41, 5.74) is 1.63. The van der Waals surface area contributed by atoms with Gasteiger partial charge in [0, 0.05) is 6.07 Å². The highest BCUT2D eigenvalue weighted by Crippen LogP contribution is 2.32. The Labute approximate surface area is 211 Å². The Hall–Kier alpha value is -4.30. The first kappa shape index (κ1) is 24.8. The lowest BCUT2D eigenvalue weighted by Crippen LogP contribution is -2.32. The Morgan fingerprint density at radius 1 is 0.806 bits per heavy atom. The molecule has 4 aromatic carbocycles. The van der Waals surface area contributed by atoms with Crippen molar-refractivity contribution in [1.29, 1.82) is 0 Å². The lowest BCUT2D eigenvalue weighted by atomic mass is 10.1. The second-order valence-electron chi connectivity index (χ2n) is 7.85. The third-order valence-electron chi connectivity index (χ3n) is 5.57. The molecule has 0 aromatic heterocycles. The van der Waals surface area contributed by atoms with Crippen molar-refractivity contribution in [2.24, 2.45) is 0 Å². The summed E-state index contributed by atoms with van der Waals surface area (Å²) >= 11 is 0. The van der Waals surface area contributed by atoms with Crippen molar-refractivity contribution in [3.8, 4) is 11.5 Å². The lowest BCUT2D eigenvalue weighted by molar-refractivity contribution is 0.102. The number of sulfonamides is 1. The molecule has 4 rings (SSSR count). The zero-order valence-electron chi connectivity index (χ0n) is 19.9. The highest BCUT2D eigenvalue weighted by atomic mass is 32.2. The van der Waals surface area contributed by atoms with Crippen LogP contribution in [0.3, 0.4) is 0 Å². The first-order chi connectivity index (χ1) is 17.4. The van der Waals surface area contributed by atoms with E-state index in [4.69, 9.17) is 9.47 Å². The molecule has 1 N–H and O–H groups in total. The van der Waals surface area contributed by atoms with Crippen molar-refractivity contribution in [2.45, 2.75) is 11.4 Å². The molecule has 0 heterocycles. The summed E-state index contributed by atoms with van der Waals surface area (Å²) in [7, 11) is -0.970. The van der Waals surface area contributed by atoms with E-state index >= 15 is 0 Å². The van der Waals surface area contributed by atoms with Crippen LogP contribution in [0, 0.1) is 0 Å². The number of methoxy groups -OCH3 is 2. The third-order valence-corrected chi connectivity index (χ3v) is 7.35. The number of nitrogens with one attached hydrogen (secondary N) is 1. The summed E-state index contributed by atoms with van der Waals surface area (Å²) in [4.78, 5) is 13.6. The number of rotatable bonds is 9. The first-order valence-corrected chi connectivity index (χ1v) is 12.6. The van der Waals surface area contributed by atoms with Crippen LogP contribution < -0.4 is 19.1 Å². The van der Waals surface area contributed by atoms with Crippen LogP contribution in [0.5, 0.6) is 11.5 Å². The van der Waals surface area contributed by atoms with Gasteiger partial charge in [-0.05, 0) is 42.0 Å². The molecule has 36 heavy (non-hydrogen) atoms. The van der Waals surface area contributed by atoms with Gasteiger partial charge in [-0.25, -0.2) is 8.42 Å². The molecule has 0 saturated carbocycles. The third kappa shape index (κ3) is 5.34. The summed E-state index contributed by atoms with van der Waals surface area (Å²) in [6.07, 6.45) is 0. The van der Waals surface area contributed by atoms with Crippen molar-refractivity contribution in [1.82, 2.24) is 0 Å². The number of carbonyl (C=O) groups is 1. The van der Waals surface area contributed by atoms with Crippen molar-refractivity contribution >= 4 is 27.3 Å². The predicted molar refractivity (Wildman–Crippen MR) is 140 cm³/mol. The van der Waals surface area contributed by atoms with Crippen molar-refractivity contribution in [3.05, 3.63) is 114 Å². The van der Waals surface area contributed by atoms with E-state index in [0.29, 0.717) is 17.2 Å². The number of benzene rings is 4. The number of nitrogens with zero attached hydrogens (tertiary/aromatic N) is 1. The molecule has 1 amide bonds. The summed E-state index contributed by atoms with van der Waals surface area (Å²) in [5, 5.41) is 2.84. The van der Waals surface area contributed by atoms with Gasteiger partial charge < -0.3 is 14.8 Å². The van der Waals surface area contributed by atoms with Crippen molar-refractivity contribution < 1.29 is 22.7 Å². The van der Waals surface area contributed by atoms with Gasteiger partial charge in [-0.2, -0.15) is 0 Å². The molecule has 184 valence electrons. The Kier molecular flexibility index (Phi) is 7.56. The Bertz CT molecular complexity index is 1440. The minimum absolute atomic E-state index is 0.0465. The normalized spacial score (nSPS) is 10.9. The minimum atomic E-state index is -4.00. The second kappa shape index (κ2) is 11.0. The molecule has 0 aliphatic carbocycles. The highest BCUT2D eigenvalue weighted by Gasteiger charge is 2.28. The fourth-order valence-electron chi connectivity index (χ4n) is 3.75. The second-order valence-corrected chi connectivity index (χ2v) is 9.71. The zero-order valence-corrected chi connectivity index (χ0v) is 20.7. The van der Waals surface area contributed by atoms with E-state index in [0.717, 1.165) is 5.56 Å². The average Bonchev–Trinajstić information content (AvgIpc) is 2.92.